The van der Waals surface area contributed by atoms with E-state index >= 15 is 0 Å². The normalized spacial score (nSPS) is 11.3. The zero-order valence-electron chi connectivity index (χ0n) is 30.3. The highest BCUT2D eigenvalue weighted by molar-refractivity contribution is 6.14. The molecular formula is C54H37N. The fourth-order valence-electron chi connectivity index (χ4n) is 8.06. The molecule has 0 radical (unpaired) electrons. The zero-order valence-corrected chi connectivity index (χ0v) is 30.3. The number of hydrogen-bond donors (Lipinski definition) is 0. The molecule has 0 heterocycles. The monoisotopic (exact) mass is 699 g/mol. The van der Waals surface area contributed by atoms with Gasteiger partial charge in [0.2, 0.25) is 0 Å². The van der Waals surface area contributed by atoms with Gasteiger partial charge in [-0.2, -0.15) is 0 Å². The van der Waals surface area contributed by atoms with Crippen LogP contribution in [0.4, 0.5) is 17.1 Å². The predicted octanol–water partition coefficient (Wildman–Crippen LogP) is 15.3. The van der Waals surface area contributed by atoms with E-state index in [1.165, 1.54) is 76.8 Å². The van der Waals surface area contributed by atoms with Crippen LogP contribution in [-0.4, -0.2) is 0 Å². The van der Waals surface area contributed by atoms with Crippen molar-refractivity contribution in [3.8, 4) is 44.5 Å². The van der Waals surface area contributed by atoms with Crippen molar-refractivity contribution in [2.75, 3.05) is 4.90 Å². The Hall–Kier alpha value is -7.22. The minimum Gasteiger partial charge on any atom is -0.310 e. The van der Waals surface area contributed by atoms with Crippen LogP contribution in [-0.2, 0) is 0 Å². The van der Waals surface area contributed by atoms with E-state index in [0.29, 0.717) is 0 Å². The molecule has 0 aliphatic heterocycles. The minimum atomic E-state index is 1.10. The lowest BCUT2D eigenvalue weighted by Gasteiger charge is -2.27. The number of benzene rings is 10. The first-order chi connectivity index (χ1) is 27.2. The van der Waals surface area contributed by atoms with Crippen LogP contribution in [0.3, 0.4) is 0 Å². The molecule has 0 N–H and O–H groups in total. The van der Waals surface area contributed by atoms with E-state index in [9.17, 15) is 0 Å². The largest absolute Gasteiger partial charge is 0.310 e. The van der Waals surface area contributed by atoms with Gasteiger partial charge in [-0.25, -0.2) is 0 Å². The third kappa shape index (κ3) is 6.22. The summed E-state index contributed by atoms with van der Waals surface area (Å²) in [7, 11) is 0. The second kappa shape index (κ2) is 14.0. The van der Waals surface area contributed by atoms with Gasteiger partial charge in [0, 0.05) is 17.1 Å². The van der Waals surface area contributed by atoms with Crippen molar-refractivity contribution < 1.29 is 0 Å². The van der Waals surface area contributed by atoms with E-state index in [1.54, 1.807) is 0 Å². The third-order valence-corrected chi connectivity index (χ3v) is 10.8. The first-order valence-corrected chi connectivity index (χ1v) is 18.9. The van der Waals surface area contributed by atoms with Gasteiger partial charge in [0.1, 0.15) is 0 Å². The van der Waals surface area contributed by atoms with Gasteiger partial charge < -0.3 is 4.90 Å². The molecule has 0 fully saturated rings. The van der Waals surface area contributed by atoms with Crippen molar-refractivity contribution in [3.05, 3.63) is 224 Å². The van der Waals surface area contributed by atoms with Gasteiger partial charge in [-0.05, 0) is 131 Å². The molecule has 0 saturated carbocycles. The molecule has 0 aliphatic rings. The van der Waals surface area contributed by atoms with Crippen molar-refractivity contribution in [2.24, 2.45) is 0 Å². The highest BCUT2D eigenvalue weighted by atomic mass is 15.1. The number of anilines is 3. The molecule has 10 aromatic rings. The van der Waals surface area contributed by atoms with Crippen molar-refractivity contribution in [1.82, 2.24) is 0 Å². The summed E-state index contributed by atoms with van der Waals surface area (Å²) >= 11 is 0. The summed E-state index contributed by atoms with van der Waals surface area (Å²) in [4.78, 5) is 2.39. The van der Waals surface area contributed by atoms with Gasteiger partial charge in [-0.3, -0.25) is 0 Å². The Morgan fingerprint density at radius 3 is 1.45 bits per heavy atom. The summed E-state index contributed by atoms with van der Waals surface area (Å²) < 4.78 is 0. The van der Waals surface area contributed by atoms with Crippen molar-refractivity contribution >= 4 is 49.4 Å². The standard InChI is InChI=1S/C54H37N/c1-2-13-38(14-3-1)42-18-10-19-43(33-42)40-29-31-48(32-30-40)55(49-22-11-20-44(35-49)45-28-27-39-15-4-5-16-41(39)34-45)50-23-12-21-46(36-50)54-37-47-17-6-7-24-51(47)52-25-8-9-26-53(52)54/h1-37H. The molecule has 0 amide bonds. The molecule has 0 bridgehead atoms. The average Bonchev–Trinajstić information content (AvgIpc) is 3.27. The fraction of sp³-hybridized carbons (Fsp3) is 0. The molecule has 0 spiro atoms. The van der Waals surface area contributed by atoms with Crippen LogP contribution in [0.2, 0.25) is 0 Å². The second-order valence-electron chi connectivity index (χ2n) is 14.2. The Labute approximate surface area is 322 Å². The molecule has 0 aliphatic carbocycles. The summed E-state index contributed by atoms with van der Waals surface area (Å²) in [5.74, 6) is 0. The molecule has 55 heavy (non-hydrogen) atoms. The van der Waals surface area contributed by atoms with Crippen LogP contribution < -0.4 is 4.90 Å². The number of rotatable bonds is 7. The van der Waals surface area contributed by atoms with Gasteiger partial charge >= 0.3 is 0 Å². The topological polar surface area (TPSA) is 3.24 Å². The molecule has 1 nitrogen and oxygen atoms in total. The lowest BCUT2D eigenvalue weighted by molar-refractivity contribution is 1.28. The predicted molar refractivity (Wildman–Crippen MR) is 235 cm³/mol. The molecule has 258 valence electrons. The highest BCUT2D eigenvalue weighted by Crippen LogP contribution is 2.41. The number of hydrogen-bond acceptors (Lipinski definition) is 1. The molecule has 0 aromatic heterocycles. The van der Waals surface area contributed by atoms with Crippen molar-refractivity contribution in [3.63, 3.8) is 0 Å². The van der Waals surface area contributed by atoms with Crippen LogP contribution in [0.1, 0.15) is 0 Å². The number of nitrogens with zero attached hydrogens (tertiary/aromatic N) is 1. The average molecular weight is 700 g/mol. The summed E-state index contributed by atoms with van der Waals surface area (Å²) in [5.41, 5.74) is 12.9. The third-order valence-electron chi connectivity index (χ3n) is 10.8. The second-order valence-corrected chi connectivity index (χ2v) is 14.2. The van der Waals surface area contributed by atoms with E-state index in [0.717, 1.165) is 17.1 Å². The van der Waals surface area contributed by atoms with E-state index in [4.69, 9.17) is 0 Å². The highest BCUT2D eigenvalue weighted by Gasteiger charge is 2.17. The minimum absolute atomic E-state index is 1.10. The molecule has 0 saturated heterocycles. The van der Waals surface area contributed by atoms with Crippen LogP contribution in [0, 0.1) is 0 Å². The first kappa shape index (κ1) is 32.4. The Morgan fingerprint density at radius 2 is 0.709 bits per heavy atom. The lowest BCUT2D eigenvalue weighted by Crippen LogP contribution is -2.10. The van der Waals surface area contributed by atoms with Crippen molar-refractivity contribution in [1.29, 1.82) is 0 Å². The maximum Gasteiger partial charge on any atom is 0.0467 e. The quantitative estimate of drug-likeness (QED) is 0.150. The van der Waals surface area contributed by atoms with Crippen LogP contribution in [0.15, 0.2) is 224 Å². The van der Waals surface area contributed by atoms with Crippen molar-refractivity contribution in [2.45, 2.75) is 0 Å². The molecule has 10 aromatic carbocycles. The summed E-state index contributed by atoms with van der Waals surface area (Å²) in [5, 5.41) is 7.53. The van der Waals surface area contributed by atoms with Gasteiger partial charge in [0.05, 0.1) is 0 Å². The van der Waals surface area contributed by atoms with Gasteiger partial charge in [-0.1, -0.05) is 170 Å². The van der Waals surface area contributed by atoms with E-state index in [1.807, 2.05) is 0 Å². The van der Waals surface area contributed by atoms with Crippen LogP contribution in [0.25, 0.3) is 76.8 Å². The molecular weight excluding hydrogens is 663 g/mol. The summed E-state index contributed by atoms with van der Waals surface area (Å²) in [6.45, 7) is 0. The Balaban J connectivity index is 1.10. The van der Waals surface area contributed by atoms with Gasteiger partial charge in [0.25, 0.3) is 0 Å². The molecule has 0 atom stereocenters. The molecule has 10 rings (SSSR count). The molecule has 0 unspecified atom stereocenters. The number of fused-ring (bicyclic) bond motifs is 4. The van der Waals surface area contributed by atoms with E-state index in [-0.39, 0.29) is 0 Å². The smallest absolute Gasteiger partial charge is 0.0467 e. The summed E-state index contributed by atoms with van der Waals surface area (Å²) in [6, 6.07) is 81.5. The fourth-order valence-corrected chi connectivity index (χ4v) is 8.06. The van der Waals surface area contributed by atoms with Gasteiger partial charge in [-0.15, -0.1) is 0 Å². The lowest BCUT2D eigenvalue weighted by atomic mass is 9.93. The van der Waals surface area contributed by atoms with Crippen LogP contribution >= 0.6 is 0 Å². The van der Waals surface area contributed by atoms with Gasteiger partial charge in [0.15, 0.2) is 0 Å². The van der Waals surface area contributed by atoms with E-state index < -0.39 is 0 Å². The SMILES string of the molecule is c1ccc(-c2cccc(-c3ccc(N(c4cccc(-c5ccc6ccccc6c5)c4)c4cccc(-c5cc6ccccc6c6ccccc56)c4)cc3)c2)cc1. The first-order valence-electron chi connectivity index (χ1n) is 18.9. The van der Waals surface area contributed by atoms with Crippen LogP contribution in [0.5, 0.6) is 0 Å². The molecule has 1 heteroatoms. The summed E-state index contributed by atoms with van der Waals surface area (Å²) in [6.07, 6.45) is 0. The Kier molecular flexibility index (Phi) is 8.24. The Morgan fingerprint density at radius 1 is 0.218 bits per heavy atom. The Bertz CT molecular complexity index is 2980. The maximum absolute atomic E-state index is 2.39. The van der Waals surface area contributed by atoms with E-state index in [2.05, 4.69) is 229 Å². The zero-order chi connectivity index (χ0) is 36.6. The maximum atomic E-state index is 2.39.